The van der Waals surface area contributed by atoms with Gasteiger partial charge in [0.1, 0.15) is 5.82 Å². The van der Waals surface area contributed by atoms with Gasteiger partial charge < -0.3 is 5.32 Å². The molecule has 3 nitrogen and oxygen atoms in total. The predicted molar refractivity (Wildman–Crippen MR) is 105 cm³/mol. The van der Waals surface area contributed by atoms with E-state index in [0.29, 0.717) is 10.7 Å². The van der Waals surface area contributed by atoms with E-state index in [-0.39, 0.29) is 17.8 Å². The molecular weight excluding hydrogens is 371 g/mol. The molecule has 0 radical (unpaired) electrons. The molecule has 0 unspecified atom stereocenters. The Kier molecular flexibility index (Phi) is 6.04. The summed E-state index contributed by atoms with van der Waals surface area (Å²) in [5, 5.41) is 8.62. The van der Waals surface area contributed by atoms with Crippen LogP contribution >= 0.6 is 22.9 Å². The zero-order chi connectivity index (χ0) is 18.5. The molecule has 1 aromatic heterocycles. The molecule has 2 N–H and O–H groups in total. The van der Waals surface area contributed by atoms with Crippen molar-refractivity contribution in [3.63, 3.8) is 0 Å². The van der Waals surface area contributed by atoms with Crippen LogP contribution in [0.3, 0.4) is 0 Å². The second-order valence-electron chi connectivity index (χ2n) is 5.86. The number of thiophene rings is 1. The Bertz CT molecular complexity index is 868. The number of benzene rings is 2. The van der Waals surface area contributed by atoms with Crippen molar-refractivity contribution in [2.75, 3.05) is 5.32 Å². The van der Waals surface area contributed by atoms with E-state index >= 15 is 0 Å². The van der Waals surface area contributed by atoms with Crippen LogP contribution < -0.4 is 10.6 Å². The van der Waals surface area contributed by atoms with Crippen LogP contribution in [0.2, 0.25) is 5.02 Å². The van der Waals surface area contributed by atoms with Gasteiger partial charge in [-0.25, -0.2) is 4.39 Å². The molecule has 3 aromatic rings. The highest BCUT2D eigenvalue weighted by molar-refractivity contribution is 7.10. The molecule has 2 aromatic carbocycles. The SMILES string of the molecule is C[C@@H](N[C@@H](c1ccc(F)cc1)c1cccs1)C(=O)Nc1ccccc1Cl. The normalized spacial score (nSPS) is 13.2. The number of para-hydroxylation sites is 1. The van der Waals surface area contributed by atoms with Gasteiger partial charge in [-0.05, 0) is 48.2 Å². The van der Waals surface area contributed by atoms with Crippen molar-refractivity contribution < 1.29 is 9.18 Å². The third kappa shape index (κ3) is 4.49. The van der Waals surface area contributed by atoms with Crippen LogP contribution in [0.15, 0.2) is 66.0 Å². The van der Waals surface area contributed by atoms with E-state index in [0.717, 1.165) is 10.4 Å². The van der Waals surface area contributed by atoms with Crippen LogP contribution in [0.1, 0.15) is 23.4 Å². The van der Waals surface area contributed by atoms with Crippen molar-refractivity contribution in [2.45, 2.75) is 19.0 Å². The van der Waals surface area contributed by atoms with Crippen LogP contribution in [-0.2, 0) is 4.79 Å². The first-order chi connectivity index (χ1) is 12.5. The second kappa shape index (κ2) is 8.45. The summed E-state index contributed by atoms with van der Waals surface area (Å²) < 4.78 is 13.3. The number of amides is 1. The number of carbonyl (C=O) groups is 1. The zero-order valence-corrected chi connectivity index (χ0v) is 15.7. The van der Waals surface area contributed by atoms with E-state index in [9.17, 15) is 9.18 Å². The van der Waals surface area contributed by atoms with E-state index in [4.69, 9.17) is 11.6 Å². The topological polar surface area (TPSA) is 41.1 Å². The van der Waals surface area contributed by atoms with Gasteiger partial charge >= 0.3 is 0 Å². The Morgan fingerprint density at radius 3 is 2.46 bits per heavy atom. The highest BCUT2D eigenvalue weighted by atomic mass is 35.5. The highest BCUT2D eigenvalue weighted by Gasteiger charge is 2.22. The van der Waals surface area contributed by atoms with Gasteiger partial charge in [-0.15, -0.1) is 11.3 Å². The van der Waals surface area contributed by atoms with Gasteiger partial charge in [0.05, 0.1) is 22.8 Å². The van der Waals surface area contributed by atoms with Gasteiger partial charge in [-0.3, -0.25) is 10.1 Å². The minimum absolute atomic E-state index is 0.193. The fourth-order valence-electron chi connectivity index (χ4n) is 2.58. The molecule has 1 amide bonds. The van der Waals surface area contributed by atoms with Crippen molar-refractivity contribution in [3.05, 3.63) is 87.3 Å². The lowest BCUT2D eigenvalue weighted by Gasteiger charge is -2.23. The van der Waals surface area contributed by atoms with Crippen molar-refractivity contribution in [1.82, 2.24) is 5.32 Å². The summed E-state index contributed by atoms with van der Waals surface area (Å²) in [6.45, 7) is 1.79. The number of hydrogen-bond acceptors (Lipinski definition) is 3. The molecule has 0 aliphatic carbocycles. The number of carbonyl (C=O) groups excluding carboxylic acids is 1. The summed E-state index contributed by atoms with van der Waals surface area (Å²) in [5.74, 6) is -0.482. The Balaban J connectivity index is 1.77. The number of nitrogens with one attached hydrogen (secondary N) is 2. The average Bonchev–Trinajstić information content (AvgIpc) is 3.16. The van der Waals surface area contributed by atoms with Crippen molar-refractivity contribution >= 4 is 34.5 Å². The maximum Gasteiger partial charge on any atom is 0.241 e. The summed E-state index contributed by atoms with van der Waals surface area (Å²) in [4.78, 5) is 13.6. The molecule has 3 rings (SSSR count). The summed E-state index contributed by atoms with van der Waals surface area (Å²) in [7, 11) is 0. The van der Waals surface area contributed by atoms with Crippen molar-refractivity contribution in [1.29, 1.82) is 0 Å². The third-order valence-corrected chi connectivity index (χ3v) is 5.24. The average molecular weight is 389 g/mol. The van der Waals surface area contributed by atoms with Crippen LogP contribution in [0.4, 0.5) is 10.1 Å². The molecule has 0 aliphatic heterocycles. The molecule has 2 atom stereocenters. The van der Waals surface area contributed by atoms with E-state index in [2.05, 4.69) is 10.6 Å². The van der Waals surface area contributed by atoms with Crippen LogP contribution in [-0.4, -0.2) is 11.9 Å². The third-order valence-electron chi connectivity index (χ3n) is 3.97. The van der Waals surface area contributed by atoms with Crippen molar-refractivity contribution in [3.8, 4) is 0 Å². The second-order valence-corrected chi connectivity index (χ2v) is 7.24. The molecule has 0 saturated heterocycles. The monoisotopic (exact) mass is 388 g/mol. The van der Waals surface area contributed by atoms with Gasteiger partial charge in [0.15, 0.2) is 0 Å². The van der Waals surface area contributed by atoms with E-state index in [1.54, 1.807) is 48.6 Å². The van der Waals surface area contributed by atoms with Crippen molar-refractivity contribution in [2.24, 2.45) is 0 Å². The van der Waals surface area contributed by atoms with Crippen LogP contribution in [0, 0.1) is 5.82 Å². The van der Waals surface area contributed by atoms with Gasteiger partial charge in [-0.1, -0.05) is 41.9 Å². The molecule has 0 fully saturated rings. The van der Waals surface area contributed by atoms with Gasteiger partial charge in [-0.2, -0.15) is 0 Å². The summed E-state index contributed by atoms with van der Waals surface area (Å²) in [5.41, 5.74) is 1.47. The highest BCUT2D eigenvalue weighted by Crippen LogP contribution is 2.27. The smallest absolute Gasteiger partial charge is 0.241 e. The molecule has 26 heavy (non-hydrogen) atoms. The van der Waals surface area contributed by atoms with E-state index < -0.39 is 6.04 Å². The maximum absolute atomic E-state index is 13.3. The summed E-state index contributed by atoms with van der Waals surface area (Å²) in [6.07, 6.45) is 0. The zero-order valence-electron chi connectivity index (χ0n) is 14.1. The quantitative estimate of drug-likeness (QED) is 0.605. The first-order valence-electron chi connectivity index (χ1n) is 8.15. The van der Waals surface area contributed by atoms with E-state index in [1.807, 2.05) is 23.6 Å². The molecule has 6 heteroatoms. The fraction of sp³-hybridized carbons (Fsp3) is 0.150. The lowest BCUT2D eigenvalue weighted by molar-refractivity contribution is -0.117. The van der Waals surface area contributed by atoms with Gasteiger partial charge in [0.25, 0.3) is 0 Å². The first-order valence-corrected chi connectivity index (χ1v) is 9.40. The molecule has 0 saturated carbocycles. The summed E-state index contributed by atoms with van der Waals surface area (Å²) in [6, 6.07) is 16.6. The largest absolute Gasteiger partial charge is 0.323 e. The molecule has 134 valence electrons. The Labute approximate surface area is 160 Å². The number of halogens is 2. The number of hydrogen-bond donors (Lipinski definition) is 2. The van der Waals surface area contributed by atoms with Crippen LogP contribution in [0.25, 0.3) is 0 Å². The molecular formula is C20H18ClFN2OS. The van der Waals surface area contributed by atoms with E-state index in [1.165, 1.54) is 12.1 Å². The maximum atomic E-state index is 13.3. The van der Waals surface area contributed by atoms with Gasteiger partial charge in [0.2, 0.25) is 5.91 Å². The predicted octanol–water partition coefficient (Wildman–Crippen LogP) is 5.25. The fourth-order valence-corrected chi connectivity index (χ4v) is 3.58. The molecule has 1 heterocycles. The summed E-state index contributed by atoms with van der Waals surface area (Å²) >= 11 is 7.68. The molecule has 0 aliphatic rings. The Hall–Kier alpha value is -2.21. The Morgan fingerprint density at radius 2 is 1.81 bits per heavy atom. The number of anilines is 1. The number of rotatable bonds is 6. The van der Waals surface area contributed by atoms with Crippen LogP contribution in [0.5, 0.6) is 0 Å². The Morgan fingerprint density at radius 1 is 1.08 bits per heavy atom. The molecule has 0 bridgehead atoms. The molecule has 0 spiro atoms. The minimum Gasteiger partial charge on any atom is -0.323 e. The minimum atomic E-state index is -0.483. The lowest BCUT2D eigenvalue weighted by atomic mass is 10.0. The lowest BCUT2D eigenvalue weighted by Crippen LogP contribution is -2.40. The van der Waals surface area contributed by atoms with Gasteiger partial charge in [0, 0.05) is 4.88 Å². The standard InChI is InChI=1S/C20H18ClFN2OS/c1-13(20(25)24-17-6-3-2-5-16(17)21)23-19(18-7-4-12-26-18)14-8-10-15(22)11-9-14/h2-13,19,23H,1H3,(H,24,25)/t13-,19+/m1/s1. The first kappa shape index (κ1) is 18.6.